The number of anilines is 3. The molecular weight excluding hydrogens is 623 g/mol. The highest BCUT2D eigenvalue weighted by atomic mass is 32.1. The van der Waals surface area contributed by atoms with Gasteiger partial charge in [0.25, 0.3) is 0 Å². The molecule has 0 saturated heterocycles. The fraction of sp³-hybridized carbons (Fsp3) is 0.375. The Balaban J connectivity index is 1.08. The molecule has 12 rings (SSSR count). The highest BCUT2D eigenvalue weighted by Crippen LogP contribution is 2.89. The summed E-state index contributed by atoms with van der Waals surface area (Å²) in [7, 11) is 0. The van der Waals surface area contributed by atoms with Gasteiger partial charge < -0.3 is 4.90 Å². The van der Waals surface area contributed by atoms with Gasteiger partial charge in [-0.2, -0.15) is 0 Å². The Kier molecular flexibility index (Phi) is 5.25. The molecule has 4 saturated carbocycles. The van der Waals surface area contributed by atoms with Gasteiger partial charge in [-0.25, -0.2) is 0 Å². The second-order valence-corrected chi connectivity index (χ2v) is 19.5. The topological polar surface area (TPSA) is 3.24 Å². The molecule has 248 valence electrons. The number of benzene rings is 5. The first-order valence-corrected chi connectivity index (χ1v) is 20.1. The fourth-order valence-electron chi connectivity index (χ4n) is 13.5. The zero-order valence-electron chi connectivity index (χ0n) is 29.7. The minimum atomic E-state index is 0.147. The maximum absolute atomic E-state index is 2.67. The van der Waals surface area contributed by atoms with Gasteiger partial charge in [0.05, 0.1) is 0 Å². The predicted octanol–water partition coefficient (Wildman–Crippen LogP) is 13.2. The Bertz CT molecular complexity index is 2460. The van der Waals surface area contributed by atoms with Gasteiger partial charge in [0.15, 0.2) is 0 Å². The average molecular weight is 668 g/mol. The minimum Gasteiger partial charge on any atom is -0.310 e. The molecule has 0 aliphatic heterocycles. The van der Waals surface area contributed by atoms with E-state index in [0.29, 0.717) is 5.41 Å². The van der Waals surface area contributed by atoms with Crippen molar-refractivity contribution in [3.8, 4) is 11.1 Å². The largest absolute Gasteiger partial charge is 0.310 e. The van der Waals surface area contributed by atoms with Crippen molar-refractivity contribution < 1.29 is 0 Å². The molecule has 0 N–H and O–H groups in total. The summed E-state index contributed by atoms with van der Waals surface area (Å²) in [4.78, 5) is 2.61. The van der Waals surface area contributed by atoms with E-state index in [1.165, 1.54) is 98.0 Å². The van der Waals surface area contributed by atoms with E-state index >= 15 is 0 Å². The van der Waals surface area contributed by atoms with Gasteiger partial charge in [0.1, 0.15) is 0 Å². The lowest BCUT2D eigenvalue weighted by molar-refractivity contribution is -0.231. The van der Waals surface area contributed by atoms with E-state index in [9.17, 15) is 0 Å². The molecule has 2 heteroatoms. The molecule has 50 heavy (non-hydrogen) atoms. The molecule has 1 nitrogen and oxygen atoms in total. The molecule has 0 radical (unpaired) electrons. The van der Waals surface area contributed by atoms with Gasteiger partial charge >= 0.3 is 0 Å². The lowest BCUT2D eigenvalue weighted by Gasteiger charge is -2.76. The number of thiophene rings is 1. The van der Waals surface area contributed by atoms with Crippen LogP contribution in [0.1, 0.15) is 88.5 Å². The predicted molar refractivity (Wildman–Crippen MR) is 210 cm³/mol. The Morgan fingerprint density at radius 3 is 2.08 bits per heavy atom. The number of fused-ring (bicyclic) bond motifs is 12. The van der Waals surface area contributed by atoms with Gasteiger partial charge in [-0.1, -0.05) is 88.4 Å². The molecular formula is C48H45NS. The minimum absolute atomic E-state index is 0.147. The van der Waals surface area contributed by atoms with Crippen molar-refractivity contribution in [2.24, 2.45) is 29.1 Å². The van der Waals surface area contributed by atoms with Crippen molar-refractivity contribution in [1.29, 1.82) is 0 Å². The van der Waals surface area contributed by atoms with Crippen LogP contribution in [0, 0.1) is 29.1 Å². The van der Waals surface area contributed by atoms with E-state index < -0.39 is 0 Å². The molecule has 5 aromatic carbocycles. The monoisotopic (exact) mass is 667 g/mol. The summed E-state index contributed by atoms with van der Waals surface area (Å²) in [6.07, 6.45) is 8.35. The van der Waals surface area contributed by atoms with Crippen LogP contribution in [-0.4, -0.2) is 0 Å². The van der Waals surface area contributed by atoms with Crippen molar-refractivity contribution in [1.82, 2.24) is 0 Å². The van der Waals surface area contributed by atoms with E-state index in [0.717, 1.165) is 23.7 Å². The molecule has 6 atom stereocenters. The average Bonchev–Trinajstić information content (AvgIpc) is 3.84. The Morgan fingerprint density at radius 2 is 1.22 bits per heavy atom. The summed E-state index contributed by atoms with van der Waals surface area (Å²) in [5, 5.41) is 2.73. The molecule has 6 aliphatic carbocycles. The normalized spacial score (nSPS) is 31.2. The van der Waals surface area contributed by atoms with Crippen LogP contribution >= 0.6 is 11.3 Å². The van der Waals surface area contributed by atoms with Gasteiger partial charge in [-0.3, -0.25) is 0 Å². The summed E-state index contributed by atoms with van der Waals surface area (Å²) < 4.78 is 2.73. The summed E-state index contributed by atoms with van der Waals surface area (Å²) in [5.41, 5.74) is 14.4. The highest BCUT2D eigenvalue weighted by molar-refractivity contribution is 7.25. The van der Waals surface area contributed by atoms with Crippen LogP contribution < -0.4 is 4.90 Å². The van der Waals surface area contributed by atoms with Crippen LogP contribution in [-0.2, 0) is 16.2 Å². The van der Waals surface area contributed by atoms with Gasteiger partial charge in [0.2, 0.25) is 0 Å². The van der Waals surface area contributed by atoms with E-state index in [1.54, 1.807) is 11.1 Å². The smallest absolute Gasteiger partial charge is 0.0476 e. The lowest BCUT2D eigenvalue weighted by Crippen LogP contribution is -2.73. The summed E-state index contributed by atoms with van der Waals surface area (Å²) in [6, 6.07) is 40.8. The van der Waals surface area contributed by atoms with E-state index in [4.69, 9.17) is 0 Å². The van der Waals surface area contributed by atoms with Crippen LogP contribution in [0.2, 0.25) is 0 Å². The Morgan fingerprint density at radius 1 is 0.560 bits per heavy atom. The van der Waals surface area contributed by atoms with Crippen LogP contribution in [0.3, 0.4) is 0 Å². The second kappa shape index (κ2) is 9.12. The number of nitrogens with zero attached hydrogens (tertiary/aromatic N) is 1. The number of hydrogen-bond acceptors (Lipinski definition) is 2. The molecule has 2 spiro atoms. The summed E-state index contributed by atoms with van der Waals surface area (Å²) in [5.74, 6) is 3.57. The zero-order valence-corrected chi connectivity index (χ0v) is 30.5. The first-order chi connectivity index (χ1) is 24.2. The van der Waals surface area contributed by atoms with Crippen LogP contribution in [0.15, 0.2) is 103 Å². The standard InChI is InChI=1S/C48H45NS/c1-45(2)19-20-46(3,4)40-25-31(15-18-38(40)45)49(32-14-17-36-35-10-6-8-12-41(35)50-42(36)26-32)30-13-16-34-33-9-5-7-11-37(33)48(39(34)24-30)43-22-28-21-29-23-44(48)47(29,43)27-28/h5-18,24-26,28-29,43-44H,19-23,27H2,1-4H3. The molecule has 1 aromatic heterocycles. The molecule has 6 aromatic rings. The SMILES string of the molecule is CC1(C)CCC(C)(C)c2cc(N(c3ccc4c(c3)C3(c5ccccc5-4)C4CC5CC6CC3C64C5)c3ccc4c(c3)sc3ccccc34)ccc21. The van der Waals surface area contributed by atoms with E-state index in [-0.39, 0.29) is 16.2 Å². The van der Waals surface area contributed by atoms with Crippen LogP contribution in [0.4, 0.5) is 17.1 Å². The van der Waals surface area contributed by atoms with Gasteiger partial charge in [-0.15, -0.1) is 11.3 Å². The second-order valence-electron chi connectivity index (χ2n) is 18.4. The zero-order chi connectivity index (χ0) is 33.4. The maximum Gasteiger partial charge on any atom is 0.0476 e. The van der Waals surface area contributed by atoms with Crippen molar-refractivity contribution in [2.45, 2.75) is 82.5 Å². The van der Waals surface area contributed by atoms with Crippen molar-refractivity contribution >= 4 is 48.6 Å². The molecule has 0 amide bonds. The Labute approximate surface area is 300 Å². The van der Waals surface area contributed by atoms with Crippen LogP contribution in [0.5, 0.6) is 0 Å². The van der Waals surface area contributed by atoms with Gasteiger partial charge in [-0.05, 0) is 154 Å². The lowest BCUT2D eigenvalue weighted by atomic mass is 9.27. The van der Waals surface area contributed by atoms with Gasteiger partial charge in [0, 0.05) is 42.6 Å². The third-order valence-electron chi connectivity index (χ3n) is 15.6. The van der Waals surface area contributed by atoms with Crippen molar-refractivity contribution in [2.75, 3.05) is 4.90 Å². The maximum atomic E-state index is 2.67. The molecule has 4 fully saturated rings. The number of rotatable bonds is 3. The fourth-order valence-corrected chi connectivity index (χ4v) is 14.6. The molecule has 2 bridgehead atoms. The number of hydrogen-bond donors (Lipinski definition) is 0. The molecule has 1 heterocycles. The van der Waals surface area contributed by atoms with Crippen LogP contribution in [0.25, 0.3) is 31.3 Å². The summed E-state index contributed by atoms with van der Waals surface area (Å²) in [6.45, 7) is 9.81. The third kappa shape index (κ3) is 3.24. The first kappa shape index (κ1) is 28.8. The third-order valence-corrected chi connectivity index (χ3v) is 16.7. The molecule has 6 aliphatic rings. The van der Waals surface area contributed by atoms with E-state index in [2.05, 4.69) is 136 Å². The quantitative estimate of drug-likeness (QED) is 0.182. The summed E-state index contributed by atoms with van der Waals surface area (Å²) >= 11 is 1.93. The molecule has 6 unspecified atom stereocenters. The highest BCUT2D eigenvalue weighted by Gasteiger charge is 2.84. The van der Waals surface area contributed by atoms with Crippen molar-refractivity contribution in [3.63, 3.8) is 0 Å². The first-order valence-electron chi connectivity index (χ1n) is 19.3. The van der Waals surface area contributed by atoms with Crippen molar-refractivity contribution in [3.05, 3.63) is 125 Å². The Hall–Kier alpha value is -3.88. The van der Waals surface area contributed by atoms with E-state index in [1.807, 2.05) is 11.3 Å².